The van der Waals surface area contributed by atoms with Crippen LogP contribution in [0.25, 0.3) is 10.1 Å². The minimum Gasteiger partial charge on any atom is -0.309 e. The van der Waals surface area contributed by atoms with Gasteiger partial charge in [-0.15, -0.1) is 11.3 Å². The Bertz CT molecular complexity index is 641. The van der Waals surface area contributed by atoms with Crippen LogP contribution in [-0.4, -0.2) is 6.04 Å². The van der Waals surface area contributed by atoms with Gasteiger partial charge in [-0.05, 0) is 49.3 Å². The molecular weight excluding hydrogens is 264 g/mol. The molecule has 1 N–H and O–H groups in total. The van der Waals surface area contributed by atoms with E-state index >= 15 is 0 Å². The van der Waals surface area contributed by atoms with Crippen molar-refractivity contribution in [3.63, 3.8) is 0 Å². The highest BCUT2D eigenvalue weighted by molar-refractivity contribution is 7.19. The van der Waals surface area contributed by atoms with Gasteiger partial charge in [0.2, 0.25) is 0 Å². The Morgan fingerprint density at radius 2 is 1.84 bits per heavy atom. The first-order chi connectivity index (χ1) is 9.24. The van der Waals surface area contributed by atoms with Crippen LogP contribution < -0.4 is 5.32 Å². The number of thiophene rings is 1. The Morgan fingerprint density at radius 1 is 1.11 bits per heavy atom. The summed E-state index contributed by atoms with van der Waals surface area (Å²) in [5.74, 6) is -0.116. The maximum atomic E-state index is 14.1. The topological polar surface area (TPSA) is 12.0 Å². The van der Waals surface area contributed by atoms with E-state index in [-0.39, 0.29) is 11.6 Å². The predicted octanol–water partition coefficient (Wildman–Crippen LogP) is 4.31. The summed E-state index contributed by atoms with van der Waals surface area (Å²) in [4.78, 5) is 1.13. The van der Waals surface area contributed by atoms with Crippen molar-refractivity contribution in [1.82, 2.24) is 5.32 Å². The van der Waals surface area contributed by atoms with Gasteiger partial charge in [0.25, 0.3) is 0 Å². The van der Waals surface area contributed by atoms with Crippen LogP contribution in [0.5, 0.6) is 0 Å². The molecule has 0 bridgehead atoms. The molecular formula is C15H15F2NS. The van der Waals surface area contributed by atoms with E-state index in [1.807, 2.05) is 0 Å². The van der Waals surface area contributed by atoms with Crippen molar-refractivity contribution in [3.8, 4) is 0 Å². The third kappa shape index (κ3) is 2.07. The molecule has 0 aliphatic heterocycles. The van der Waals surface area contributed by atoms with Gasteiger partial charge in [-0.1, -0.05) is 0 Å². The monoisotopic (exact) mass is 279 g/mol. The Hall–Kier alpha value is -1.00. The van der Waals surface area contributed by atoms with E-state index in [2.05, 4.69) is 5.32 Å². The second kappa shape index (κ2) is 4.25. The molecule has 2 saturated carbocycles. The molecule has 2 aromatic rings. The summed E-state index contributed by atoms with van der Waals surface area (Å²) in [6, 6.07) is 3.11. The number of nitrogens with one attached hydrogen (secondary N) is 1. The second-order valence-corrected chi connectivity index (χ2v) is 6.71. The molecule has 4 heteroatoms. The number of hydrogen-bond donors (Lipinski definition) is 1. The van der Waals surface area contributed by atoms with Gasteiger partial charge in [-0.2, -0.15) is 0 Å². The van der Waals surface area contributed by atoms with Crippen LogP contribution in [0.2, 0.25) is 0 Å². The molecule has 1 nitrogen and oxygen atoms in total. The lowest BCUT2D eigenvalue weighted by Gasteiger charge is -2.04. The largest absolute Gasteiger partial charge is 0.309 e. The summed E-state index contributed by atoms with van der Waals surface area (Å²) >= 11 is 1.43. The van der Waals surface area contributed by atoms with E-state index in [9.17, 15) is 8.78 Å². The SMILES string of the molecule is Fc1ccc(F)c2c(C3CC3)c(CNC3CC3)sc12. The highest BCUT2D eigenvalue weighted by Crippen LogP contribution is 2.49. The molecule has 2 fully saturated rings. The third-order valence-corrected chi connectivity index (χ3v) is 5.18. The number of rotatable bonds is 4. The molecule has 19 heavy (non-hydrogen) atoms. The van der Waals surface area contributed by atoms with Gasteiger partial charge in [0.15, 0.2) is 0 Å². The van der Waals surface area contributed by atoms with Gasteiger partial charge in [0.1, 0.15) is 11.6 Å². The molecule has 1 heterocycles. The standard InChI is InChI=1S/C15H15F2NS/c16-10-5-6-11(17)15-14(10)13(8-1-2-8)12(19-15)7-18-9-3-4-9/h5-6,8-9,18H,1-4,7H2. The second-order valence-electron chi connectivity index (χ2n) is 5.60. The van der Waals surface area contributed by atoms with E-state index in [1.54, 1.807) is 0 Å². The lowest BCUT2D eigenvalue weighted by molar-refractivity contribution is 0.618. The van der Waals surface area contributed by atoms with Crippen LogP contribution >= 0.6 is 11.3 Å². The zero-order valence-electron chi connectivity index (χ0n) is 10.5. The molecule has 0 spiro atoms. The maximum absolute atomic E-state index is 14.1. The fourth-order valence-electron chi connectivity index (χ4n) is 2.66. The highest BCUT2D eigenvalue weighted by Gasteiger charge is 2.32. The Morgan fingerprint density at radius 3 is 2.53 bits per heavy atom. The van der Waals surface area contributed by atoms with E-state index in [0.717, 1.165) is 29.8 Å². The molecule has 1 aromatic carbocycles. The van der Waals surface area contributed by atoms with Crippen LogP contribution in [0.4, 0.5) is 8.78 Å². The summed E-state index contributed by atoms with van der Waals surface area (Å²) in [5.41, 5.74) is 1.07. The molecule has 4 rings (SSSR count). The molecule has 2 aliphatic carbocycles. The molecule has 0 atom stereocenters. The lowest BCUT2D eigenvalue weighted by Crippen LogP contribution is -2.15. The zero-order valence-corrected chi connectivity index (χ0v) is 11.3. The van der Waals surface area contributed by atoms with Crippen molar-refractivity contribution in [3.05, 3.63) is 34.2 Å². The molecule has 2 aliphatic rings. The first-order valence-electron chi connectivity index (χ1n) is 6.86. The Kier molecular flexibility index (Phi) is 2.64. The summed E-state index contributed by atoms with van der Waals surface area (Å²) in [5, 5.41) is 4.00. The average molecular weight is 279 g/mol. The quantitative estimate of drug-likeness (QED) is 0.879. The zero-order chi connectivity index (χ0) is 13.0. The van der Waals surface area contributed by atoms with Crippen LogP contribution in [-0.2, 0) is 6.54 Å². The Labute approximate surface area is 114 Å². The van der Waals surface area contributed by atoms with Crippen LogP contribution in [0.1, 0.15) is 42.0 Å². The van der Waals surface area contributed by atoms with Crippen molar-refractivity contribution in [2.24, 2.45) is 0 Å². The molecule has 0 amide bonds. The number of benzene rings is 1. The molecule has 1 aromatic heterocycles. The van der Waals surface area contributed by atoms with Crippen molar-refractivity contribution in [1.29, 1.82) is 0 Å². The first kappa shape index (κ1) is 11.8. The molecule has 0 saturated heterocycles. The highest BCUT2D eigenvalue weighted by atomic mass is 32.1. The predicted molar refractivity (Wildman–Crippen MR) is 73.6 cm³/mol. The molecule has 100 valence electrons. The van der Waals surface area contributed by atoms with Crippen molar-refractivity contribution in [2.45, 2.75) is 44.2 Å². The van der Waals surface area contributed by atoms with Crippen LogP contribution in [0.15, 0.2) is 12.1 Å². The summed E-state index contributed by atoms with van der Waals surface area (Å²) in [6.07, 6.45) is 4.68. The smallest absolute Gasteiger partial charge is 0.141 e. The van der Waals surface area contributed by atoms with Gasteiger partial charge >= 0.3 is 0 Å². The normalized spacial score (nSPS) is 19.3. The fourth-order valence-corrected chi connectivity index (χ4v) is 3.92. The van der Waals surface area contributed by atoms with E-state index < -0.39 is 0 Å². The van der Waals surface area contributed by atoms with Gasteiger partial charge in [-0.3, -0.25) is 0 Å². The Balaban J connectivity index is 1.83. The lowest BCUT2D eigenvalue weighted by atomic mass is 10.1. The van der Waals surface area contributed by atoms with E-state index in [0.29, 0.717) is 22.0 Å². The summed E-state index contributed by atoms with van der Waals surface area (Å²) < 4.78 is 28.4. The molecule has 0 unspecified atom stereocenters. The van der Waals surface area contributed by atoms with Crippen LogP contribution in [0, 0.1) is 11.6 Å². The van der Waals surface area contributed by atoms with Crippen LogP contribution in [0.3, 0.4) is 0 Å². The minimum absolute atomic E-state index is 0.271. The van der Waals surface area contributed by atoms with E-state index in [4.69, 9.17) is 0 Å². The maximum Gasteiger partial charge on any atom is 0.141 e. The van der Waals surface area contributed by atoms with Gasteiger partial charge in [0, 0.05) is 22.8 Å². The third-order valence-electron chi connectivity index (χ3n) is 3.97. The van der Waals surface area contributed by atoms with Crippen molar-refractivity contribution >= 4 is 21.4 Å². The van der Waals surface area contributed by atoms with Gasteiger partial charge < -0.3 is 5.32 Å². The van der Waals surface area contributed by atoms with Gasteiger partial charge in [-0.25, -0.2) is 8.78 Å². The van der Waals surface area contributed by atoms with Gasteiger partial charge in [0.05, 0.1) is 4.70 Å². The number of fused-ring (bicyclic) bond motifs is 1. The summed E-state index contributed by atoms with van der Waals surface area (Å²) in [7, 11) is 0. The summed E-state index contributed by atoms with van der Waals surface area (Å²) in [6.45, 7) is 0.759. The number of hydrogen-bond acceptors (Lipinski definition) is 2. The average Bonchev–Trinajstić information content (AvgIpc) is 3.30. The minimum atomic E-state index is -0.291. The van der Waals surface area contributed by atoms with E-state index in [1.165, 1.54) is 36.3 Å². The van der Waals surface area contributed by atoms with Crippen molar-refractivity contribution < 1.29 is 8.78 Å². The molecule has 0 radical (unpaired) electrons. The first-order valence-corrected chi connectivity index (χ1v) is 7.68. The fraction of sp³-hybridized carbons (Fsp3) is 0.467. The van der Waals surface area contributed by atoms with Crippen molar-refractivity contribution in [2.75, 3.05) is 0 Å². The number of halogens is 2.